The Labute approximate surface area is 162 Å². The van der Waals surface area contributed by atoms with Crippen molar-refractivity contribution in [3.8, 4) is 17.4 Å². The summed E-state index contributed by atoms with van der Waals surface area (Å²) in [7, 11) is 3.27. The van der Waals surface area contributed by atoms with E-state index in [0.29, 0.717) is 22.3 Å². The Hall–Kier alpha value is -2.32. The molecule has 1 aliphatic rings. The number of hydrogen-bond donors (Lipinski definition) is 1. The van der Waals surface area contributed by atoms with Crippen molar-refractivity contribution in [1.82, 2.24) is 19.5 Å². The molecule has 8 heteroatoms. The van der Waals surface area contributed by atoms with Crippen molar-refractivity contribution in [3.05, 3.63) is 34.5 Å². The highest BCUT2D eigenvalue weighted by atomic mass is 32.1. The van der Waals surface area contributed by atoms with Crippen LogP contribution in [-0.2, 0) is 0 Å². The van der Waals surface area contributed by atoms with E-state index >= 15 is 0 Å². The number of aryl methyl sites for hydroxylation is 1. The maximum atomic E-state index is 10.9. The Morgan fingerprint density at radius 1 is 1.11 bits per heavy atom. The van der Waals surface area contributed by atoms with Gasteiger partial charge in [0, 0.05) is 0 Å². The normalized spacial score (nSPS) is 16.6. The predicted molar refractivity (Wildman–Crippen MR) is 104 cm³/mol. The summed E-state index contributed by atoms with van der Waals surface area (Å²) in [6.45, 7) is 3.81. The van der Waals surface area contributed by atoms with Crippen LogP contribution in [0.2, 0.25) is 0 Å². The number of aromatic nitrogens is 3. The number of likely N-dealkylation sites (tertiary alicyclic amines) is 1. The molecule has 7 nitrogen and oxygen atoms in total. The molecule has 1 fully saturated rings. The minimum Gasteiger partial charge on any atom is -0.493 e. The number of piperidine rings is 1. The number of nitrogens with zero attached hydrogens (tertiary/aromatic N) is 4. The van der Waals surface area contributed by atoms with Crippen molar-refractivity contribution >= 4 is 16.3 Å². The fourth-order valence-electron chi connectivity index (χ4n) is 3.75. The van der Waals surface area contributed by atoms with Gasteiger partial charge in [0.25, 0.3) is 0 Å². The quantitative estimate of drug-likeness (QED) is 0.722. The van der Waals surface area contributed by atoms with Crippen molar-refractivity contribution in [2.75, 3.05) is 27.3 Å². The monoisotopic (exact) mass is 388 g/mol. The summed E-state index contributed by atoms with van der Waals surface area (Å²) in [4.78, 5) is 8.41. The predicted octanol–water partition coefficient (Wildman–Crippen LogP) is 3.40. The topological polar surface area (TPSA) is 72.1 Å². The molecule has 1 aromatic carbocycles. The van der Waals surface area contributed by atoms with Gasteiger partial charge < -0.3 is 14.6 Å². The van der Waals surface area contributed by atoms with Crippen LogP contribution in [-0.4, -0.2) is 51.9 Å². The lowest BCUT2D eigenvalue weighted by Gasteiger charge is -2.34. The third kappa shape index (κ3) is 3.23. The van der Waals surface area contributed by atoms with E-state index in [0.717, 1.165) is 36.4 Å². The molecule has 2 aromatic heterocycles. The van der Waals surface area contributed by atoms with Gasteiger partial charge in [-0.1, -0.05) is 23.8 Å². The Morgan fingerprint density at radius 3 is 2.52 bits per heavy atom. The van der Waals surface area contributed by atoms with E-state index < -0.39 is 0 Å². The average Bonchev–Trinajstić information content (AvgIpc) is 3.20. The maximum Gasteiger partial charge on any atom is 0.230 e. The van der Waals surface area contributed by atoms with Gasteiger partial charge in [-0.25, -0.2) is 4.98 Å². The summed E-state index contributed by atoms with van der Waals surface area (Å²) < 4.78 is 12.4. The van der Waals surface area contributed by atoms with Gasteiger partial charge in [-0.2, -0.15) is 4.52 Å². The first kappa shape index (κ1) is 18.1. The van der Waals surface area contributed by atoms with Gasteiger partial charge >= 0.3 is 0 Å². The third-order valence-electron chi connectivity index (χ3n) is 5.03. The Balaban J connectivity index is 1.83. The third-order valence-corrected chi connectivity index (χ3v) is 6.11. The lowest BCUT2D eigenvalue weighted by molar-refractivity contribution is 0.186. The highest BCUT2D eigenvalue weighted by Gasteiger charge is 2.31. The van der Waals surface area contributed by atoms with Crippen LogP contribution in [0.1, 0.15) is 41.6 Å². The molecule has 0 saturated carbocycles. The summed E-state index contributed by atoms with van der Waals surface area (Å²) >= 11 is 1.49. The Morgan fingerprint density at radius 2 is 1.85 bits per heavy atom. The maximum absolute atomic E-state index is 10.9. The number of hydrogen-bond acceptors (Lipinski definition) is 7. The van der Waals surface area contributed by atoms with E-state index in [2.05, 4.69) is 15.0 Å². The van der Waals surface area contributed by atoms with Crippen LogP contribution in [0.15, 0.2) is 18.2 Å². The summed E-state index contributed by atoms with van der Waals surface area (Å²) in [6, 6.07) is 5.89. The minimum atomic E-state index is -0.0705. The molecular weight excluding hydrogens is 364 g/mol. The van der Waals surface area contributed by atoms with Crippen LogP contribution in [0.4, 0.5) is 0 Å². The minimum absolute atomic E-state index is 0.0705. The van der Waals surface area contributed by atoms with Gasteiger partial charge in [-0.3, -0.25) is 4.90 Å². The highest BCUT2D eigenvalue weighted by Crippen LogP contribution is 2.42. The van der Waals surface area contributed by atoms with Gasteiger partial charge in [-0.15, -0.1) is 5.10 Å². The zero-order valence-electron chi connectivity index (χ0n) is 15.8. The average molecular weight is 388 g/mol. The molecule has 0 amide bonds. The lowest BCUT2D eigenvalue weighted by atomic mass is 10.00. The van der Waals surface area contributed by atoms with Crippen molar-refractivity contribution in [1.29, 1.82) is 0 Å². The fourth-order valence-corrected chi connectivity index (χ4v) is 4.92. The first-order valence-corrected chi connectivity index (χ1v) is 9.95. The first-order valence-electron chi connectivity index (χ1n) is 9.13. The number of ether oxygens (including phenoxy) is 2. The van der Waals surface area contributed by atoms with E-state index in [1.807, 2.05) is 25.1 Å². The van der Waals surface area contributed by atoms with Crippen LogP contribution in [0.5, 0.6) is 17.4 Å². The van der Waals surface area contributed by atoms with Crippen molar-refractivity contribution in [2.24, 2.45) is 0 Å². The van der Waals surface area contributed by atoms with E-state index in [1.54, 1.807) is 14.2 Å². The molecule has 1 N–H and O–H groups in total. The Kier molecular flexibility index (Phi) is 4.92. The highest BCUT2D eigenvalue weighted by molar-refractivity contribution is 7.17. The van der Waals surface area contributed by atoms with E-state index in [-0.39, 0.29) is 11.9 Å². The first-order chi connectivity index (χ1) is 13.1. The van der Waals surface area contributed by atoms with E-state index in [4.69, 9.17) is 9.47 Å². The largest absolute Gasteiger partial charge is 0.493 e. The number of fused-ring (bicyclic) bond motifs is 1. The number of rotatable bonds is 5. The van der Waals surface area contributed by atoms with Crippen LogP contribution in [0.3, 0.4) is 0 Å². The van der Waals surface area contributed by atoms with Crippen molar-refractivity contribution in [2.45, 2.75) is 32.2 Å². The molecule has 1 atom stereocenters. The van der Waals surface area contributed by atoms with Crippen molar-refractivity contribution < 1.29 is 14.6 Å². The Bertz CT molecular complexity index is 946. The second kappa shape index (κ2) is 7.36. The van der Waals surface area contributed by atoms with Crippen LogP contribution < -0.4 is 9.47 Å². The van der Waals surface area contributed by atoms with Gasteiger partial charge in [0.15, 0.2) is 11.5 Å². The standard InChI is InChI=1S/C19H24N4O3S/c1-12-20-19-23(21-12)18(24)17(27-19)16(22-9-5-4-6-10-22)13-7-8-14(25-2)15(11-13)26-3/h7-8,11,16,24H,4-6,9-10H2,1-3H3/t16-/m1/s1. The molecule has 0 unspecified atom stereocenters. The zero-order valence-corrected chi connectivity index (χ0v) is 16.6. The smallest absolute Gasteiger partial charge is 0.230 e. The van der Waals surface area contributed by atoms with Crippen LogP contribution in [0.25, 0.3) is 4.96 Å². The number of thiazole rings is 1. The number of benzene rings is 1. The summed E-state index contributed by atoms with van der Waals surface area (Å²) in [5.41, 5.74) is 1.06. The zero-order chi connectivity index (χ0) is 19.0. The van der Waals surface area contributed by atoms with E-state index in [9.17, 15) is 5.11 Å². The van der Waals surface area contributed by atoms with Gasteiger partial charge in [-0.05, 0) is 50.6 Å². The lowest BCUT2D eigenvalue weighted by Crippen LogP contribution is -2.34. The van der Waals surface area contributed by atoms with Crippen LogP contribution >= 0.6 is 11.3 Å². The fraction of sp³-hybridized carbons (Fsp3) is 0.474. The molecule has 3 aromatic rings. The number of aromatic hydroxyl groups is 1. The van der Waals surface area contributed by atoms with Gasteiger partial charge in [0.05, 0.1) is 25.1 Å². The molecule has 3 heterocycles. The van der Waals surface area contributed by atoms with Crippen LogP contribution in [0, 0.1) is 6.92 Å². The second-order valence-corrected chi connectivity index (χ2v) is 7.77. The molecular formula is C19H24N4O3S. The summed E-state index contributed by atoms with van der Waals surface area (Å²) in [6.07, 6.45) is 3.56. The molecule has 0 radical (unpaired) electrons. The van der Waals surface area contributed by atoms with Gasteiger partial charge in [0.2, 0.25) is 10.8 Å². The number of methoxy groups -OCH3 is 2. The van der Waals surface area contributed by atoms with Gasteiger partial charge in [0.1, 0.15) is 5.82 Å². The molecule has 0 aliphatic carbocycles. The molecule has 0 spiro atoms. The SMILES string of the molecule is COc1ccc([C@H](c2sc3nc(C)nn3c2O)N2CCCCC2)cc1OC. The molecule has 27 heavy (non-hydrogen) atoms. The molecule has 0 bridgehead atoms. The second-order valence-electron chi connectivity index (χ2n) is 6.76. The molecule has 1 saturated heterocycles. The molecule has 4 rings (SSSR count). The van der Waals surface area contributed by atoms with Crippen molar-refractivity contribution in [3.63, 3.8) is 0 Å². The molecule has 1 aliphatic heterocycles. The molecule has 144 valence electrons. The summed E-state index contributed by atoms with van der Waals surface area (Å²) in [5, 5.41) is 15.2. The summed E-state index contributed by atoms with van der Waals surface area (Å²) in [5.74, 6) is 2.21. The van der Waals surface area contributed by atoms with E-state index in [1.165, 1.54) is 22.3 Å².